The van der Waals surface area contributed by atoms with E-state index in [0.29, 0.717) is 38.6 Å². The fraction of sp³-hybridized carbons (Fsp3) is 1.00. The number of rotatable bonds is 9. The van der Waals surface area contributed by atoms with Crippen molar-refractivity contribution in [1.82, 2.24) is 5.32 Å². The normalized spacial score (nSPS) is 29.9. The van der Waals surface area contributed by atoms with E-state index < -0.39 is 11.7 Å². The molecule has 4 atom stereocenters. The zero-order valence-corrected chi connectivity index (χ0v) is 13.3. The minimum absolute atomic E-state index is 0.158. The van der Waals surface area contributed by atoms with E-state index in [-0.39, 0.29) is 12.2 Å². The van der Waals surface area contributed by atoms with E-state index >= 15 is 0 Å². The van der Waals surface area contributed by atoms with Crippen molar-refractivity contribution in [3.8, 4) is 0 Å². The van der Waals surface area contributed by atoms with Crippen LogP contribution in [-0.2, 0) is 9.47 Å². The molecule has 0 aromatic heterocycles. The van der Waals surface area contributed by atoms with Crippen molar-refractivity contribution < 1.29 is 19.7 Å². The van der Waals surface area contributed by atoms with Crippen LogP contribution in [0.25, 0.3) is 0 Å². The van der Waals surface area contributed by atoms with Crippen LogP contribution in [0.4, 0.5) is 0 Å². The van der Waals surface area contributed by atoms with Gasteiger partial charge in [0.05, 0.1) is 24.9 Å². The van der Waals surface area contributed by atoms with Crippen LogP contribution < -0.4 is 5.32 Å². The first-order valence-electron chi connectivity index (χ1n) is 7.68. The molecule has 1 aliphatic heterocycles. The fourth-order valence-electron chi connectivity index (χ4n) is 2.52. The Kier molecular flexibility index (Phi) is 7.40. The number of hydrogen-bond donors (Lipinski definition) is 3. The van der Waals surface area contributed by atoms with Gasteiger partial charge in [-0.25, -0.2) is 0 Å². The Labute approximate surface area is 122 Å². The standard InChI is InChI=1S/C15H31NO4/c1-11(2)7-12(3)20-9-14(17)8-16-10-15(18)5-6-19-13(15)4/h11-14,16-18H,5-10H2,1-4H3. The Bertz CT molecular complexity index is 275. The SMILES string of the molecule is CC(C)CC(C)OCC(O)CNCC1(O)CCOC1C. The highest BCUT2D eigenvalue weighted by molar-refractivity contribution is 4.91. The molecule has 0 aliphatic carbocycles. The first-order chi connectivity index (χ1) is 9.33. The van der Waals surface area contributed by atoms with Gasteiger partial charge in [-0.1, -0.05) is 13.8 Å². The van der Waals surface area contributed by atoms with E-state index in [0.717, 1.165) is 6.42 Å². The lowest BCUT2D eigenvalue weighted by Gasteiger charge is -2.27. The van der Waals surface area contributed by atoms with Crippen molar-refractivity contribution in [2.45, 2.75) is 64.4 Å². The summed E-state index contributed by atoms with van der Waals surface area (Å²) in [6.07, 6.45) is 1.09. The Morgan fingerprint density at radius 2 is 2.10 bits per heavy atom. The summed E-state index contributed by atoms with van der Waals surface area (Å²) >= 11 is 0. The van der Waals surface area contributed by atoms with Gasteiger partial charge in [-0.3, -0.25) is 0 Å². The Morgan fingerprint density at radius 1 is 1.40 bits per heavy atom. The predicted octanol–water partition coefficient (Wildman–Crippen LogP) is 0.928. The Hall–Kier alpha value is -0.200. The van der Waals surface area contributed by atoms with Crippen LogP contribution in [0.15, 0.2) is 0 Å². The van der Waals surface area contributed by atoms with Gasteiger partial charge in [0, 0.05) is 26.1 Å². The minimum atomic E-state index is -0.814. The van der Waals surface area contributed by atoms with E-state index in [4.69, 9.17) is 9.47 Å². The van der Waals surface area contributed by atoms with Crippen LogP contribution in [-0.4, -0.2) is 60.4 Å². The molecular formula is C15H31NO4. The summed E-state index contributed by atoms with van der Waals surface area (Å²) < 4.78 is 11.0. The highest BCUT2D eigenvalue weighted by atomic mass is 16.5. The molecular weight excluding hydrogens is 258 g/mol. The molecule has 4 unspecified atom stereocenters. The maximum atomic E-state index is 10.3. The van der Waals surface area contributed by atoms with Gasteiger partial charge >= 0.3 is 0 Å². The third-order valence-corrected chi connectivity index (χ3v) is 3.85. The molecule has 5 nitrogen and oxygen atoms in total. The number of hydrogen-bond acceptors (Lipinski definition) is 5. The van der Waals surface area contributed by atoms with Gasteiger partial charge in [-0.2, -0.15) is 0 Å². The molecule has 1 fully saturated rings. The Balaban J connectivity index is 2.12. The summed E-state index contributed by atoms with van der Waals surface area (Å²) in [6, 6.07) is 0. The maximum Gasteiger partial charge on any atom is 0.105 e. The molecule has 0 bridgehead atoms. The van der Waals surface area contributed by atoms with Crippen molar-refractivity contribution >= 4 is 0 Å². The fourth-order valence-corrected chi connectivity index (χ4v) is 2.52. The highest BCUT2D eigenvalue weighted by Gasteiger charge is 2.39. The number of nitrogens with one attached hydrogen (secondary N) is 1. The van der Waals surface area contributed by atoms with Gasteiger partial charge in [-0.05, 0) is 26.2 Å². The molecule has 1 heterocycles. The van der Waals surface area contributed by atoms with Crippen molar-refractivity contribution in [2.75, 3.05) is 26.3 Å². The van der Waals surface area contributed by atoms with E-state index in [1.807, 2.05) is 13.8 Å². The topological polar surface area (TPSA) is 71.0 Å². The molecule has 0 spiro atoms. The third kappa shape index (κ3) is 6.06. The van der Waals surface area contributed by atoms with Crippen LogP contribution in [0.2, 0.25) is 0 Å². The van der Waals surface area contributed by atoms with E-state index in [1.165, 1.54) is 0 Å². The van der Waals surface area contributed by atoms with Crippen molar-refractivity contribution in [3.05, 3.63) is 0 Å². The molecule has 3 N–H and O–H groups in total. The molecule has 0 amide bonds. The zero-order chi connectivity index (χ0) is 15.2. The smallest absolute Gasteiger partial charge is 0.105 e. The van der Waals surface area contributed by atoms with Gasteiger partial charge in [0.15, 0.2) is 0 Å². The van der Waals surface area contributed by atoms with Gasteiger partial charge in [0.25, 0.3) is 0 Å². The minimum Gasteiger partial charge on any atom is -0.389 e. The molecule has 1 aliphatic rings. The van der Waals surface area contributed by atoms with Gasteiger partial charge in [-0.15, -0.1) is 0 Å². The van der Waals surface area contributed by atoms with Gasteiger partial charge in [0.2, 0.25) is 0 Å². The number of aliphatic hydroxyl groups excluding tert-OH is 1. The second kappa shape index (κ2) is 8.29. The van der Waals surface area contributed by atoms with Crippen LogP contribution in [0, 0.1) is 5.92 Å². The quantitative estimate of drug-likeness (QED) is 0.589. The van der Waals surface area contributed by atoms with Crippen molar-refractivity contribution in [2.24, 2.45) is 5.92 Å². The van der Waals surface area contributed by atoms with Gasteiger partial charge < -0.3 is 25.0 Å². The lowest BCUT2D eigenvalue weighted by Crippen LogP contribution is -2.47. The Morgan fingerprint density at radius 3 is 2.65 bits per heavy atom. The van der Waals surface area contributed by atoms with Crippen molar-refractivity contribution in [1.29, 1.82) is 0 Å². The van der Waals surface area contributed by atoms with E-state index in [1.54, 1.807) is 0 Å². The summed E-state index contributed by atoms with van der Waals surface area (Å²) in [5, 5.41) is 23.2. The zero-order valence-electron chi connectivity index (χ0n) is 13.3. The molecule has 0 radical (unpaired) electrons. The summed E-state index contributed by atoms with van der Waals surface area (Å²) in [6.45, 7) is 9.99. The average Bonchev–Trinajstić information content (AvgIpc) is 2.66. The summed E-state index contributed by atoms with van der Waals surface area (Å²) in [4.78, 5) is 0. The van der Waals surface area contributed by atoms with E-state index in [2.05, 4.69) is 19.2 Å². The highest BCUT2D eigenvalue weighted by Crippen LogP contribution is 2.24. The summed E-state index contributed by atoms with van der Waals surface area (Å²) in [7, 11) is 0. The first kappa shape index (κ1) is 17.9. The van der Waals surface area contributed by atoms with Crippen LogP contribution in [0.1, 0.15) is 40.5 Å². The van der Waals surface area contributed by atoms with Crippen LogP contribution in [0.3, 0.4) is 0 Å². The molecule has 0 aromatic carbocycles. The second-order valence-corrected chi connectivity index (χ2v) is 6.42. The summed E-state index contributed by atoms with van der Waals surface area (Å²) in [5.41, 5.74) is -0.814. The molecule has 1 rings (SSSR count). The largest absolute Gasteiger partial charge is 0.389 e. The lowest BCUT2D eigenvalue weighted by molar-refractivity contribution is -0.0329. The second-order valence-electron chi connectivity index (χ2n) is 6.42. The van der Waals surface area contributed by atoms with E-state index in [9.17, 15) is 10.2 Å². The maximum absolute atomic E-state index is 10.3. The predicted molar refractivity (Wildman–Crippen MR) is 78.7 cm³/mol. The third-order valence-electron chi connectivity index (χ3n) is 3.85. The molecule has 0 aromatic rings. The molecule has 5 heteroatoms. The molecule has 120 valence electrons. The number of aliphatic hydroxyl groups is 2. The monoisotopic (exact) mass is 289 g/mol. The summed E-state index contributed by atoms with van der Waals surface area (Å²) in [5.74, 6) is 0.596. The molecule has 1 saturated heterocycles. The lowest BCUT2D eigenvalue weighted by atomic mass is 9.97. The first-order valence-corrected chi connectivity index (χ1v) is 7.68. The molecule has 0 saturated carbocycles. The van der Waals surface area contributed by atoms with Crippen LogP contribution in [0.5, 0.6) is 0 Å². The van der Waals surface area contributed by atoms with Crippen LogP contribution >= 0.6 is 0 Å². The van der Waals surface area contributed by atoms with Gasteiger partial charge in [0.1, 0.15) is 5.60 Å². The molecule has 20 heavy (non-hydrogen) atoms. The van der Waals surface area contributed by atoms with Crippen molar-refractivity contribution in [3.63, 3.8) is 0 Å². The number of ether oxygens (including phenoxy) is 2. The average molecular weight is 289 g/mol.